The third kappa shape index (κ3) is 5.42. The number of hydrogen-bond acceptors (Lipinski definition) is 4. The normalized spacial score (nSPS) is 13.7. The van der Waals surface area contributed by atoms with Crippen LogP contribution in [-0.2, 0) is 20.9 Å². The van der Waals surface area contributed by atoms with Crippen molar-refractivity contribution in [1.29, 1.82) is 0 Å². The Hall–Kier alpha value is -3.15. The molecule has 3 rings (SSSR count). The van der Waals surface area contributed by atoms with Crippen LogP contribution in [0.3, 0.4) is 0 Å². The molecule has 0 unspecified atom stereocenters. The number of hydrogen-bond donors (Lipinski definition) is 2. The van der Waals surface area contributed by atoms with E-state index in [1.54, 1.807) is 24.3 Å². The zero-order valence-corrected chi connectivity index (χ0v) is 15.6. The first kappa shape index (κ1) is 19.6. The smallest absolute Gasteiger partial charge is 0.309 e. The molecule has 2 amide bonds. The number of nitrogens with one attached hydrogen (secondary N) is 2. The van der Waals surface area contributed by atoms with Crippen LogP contribution in [-0.4, -0.2) is 24.4 Å². The van der Waals surface area contributed by atoms with Crippen LogP contribution in [0, 0.1) is 5.92 Å². The lowest BCUT2D eigenvalue weighted by Gasteiger charge is -2.13. The highest BCUT2D eigenvalue weighted by atomic mass is 16.5. The van der Waals surface area contributed by atoms with E-state index in [0.29, 0.717) is 17.8 Å². The topological polar surface area (TPSA) is 84.5 Å². The van der Waals surface area contributed by atoms with E-state index < -0.39 is 5.91 Å². The van der Waals surface area contributed by atoms with Gasteiger partial charge in [0.2, 0.25) is 0 Å². The summed E-state index contributed by atoms with van der Waals surface area (Å²) in [5.41, 5.74) is 1.72. The van der Waals surface area contributed by atoms with Crippen molar-refractivity contribution in [2.75, 3.05) is 11.9 Å². The molecular formula is C22H24N2O4. The second kappa shape index (κ2) is 9.69. The molecule has 0 bridgehead atoms. The Morgan fingerprint density at radius 1 is 0.929 bits per heavy atom. The minimum absolute atomic E-state index is 0.0937. The lowest BCUT2D eigenvalue weighted by atomic mass is 10.1. The molecule has 6 heteroatoms. The predicted molar refractivity (Wildman–Crippen MR) is 106 cm³/mol. The molecule has 0 aromatic heterocycles. The number of para-hydroxylation sites is 1. The molecule has 1 saturated carbocycles. The average molecular weight is 380 g/mol. The van der Waals surface area contributed by atoms with Crippen molar-refractivity contribution in [1.82, 2.24) is 5.32 Å². The molecule has 146 valence electrons. The Balaban J connectivity index is 1.54. The molecule has 1 aliphatic rings. The maximum atomic E-state index is 12.5. The highest BCUT2D eigenvalue weighted by Crippen LogP contribution is 2.25. The van der Waals surface area contributed by atoms with Gasteiger partial charge in [-0.05, 0) is 30.5 Å². The molecule has 2 N–H and O–H groups in total. The van der Waals surface area contributed by atoms with Crippen LogP contribution in [0.2, 0.25) is 0 Å². The van der Waals surface area contributed by atoms with Crippen LogP contribution in [0.15, 0.2) is 54.6 Å². The maximum Gasteiger partial charge on any atom is 0.309 e. The molecule has 0 atom stereocenters. The van der Waals surface area contributed by atoms with Crippen molar-refractivity contribution >= 4 is 23.5 Å². The van der Waals surface area contributed by atoms with Crippen LogP contribution in [0.1, 0.15) is 41.6 Å². The number of esters is 1. The van der Waals surface area contributed by atoms with E-state index in [0.717, 1.165) is 31.2 Å². The molecule has 0 saturated heterocycles. The zero-order chi connectivity index (χ0) is 19.8. The molecule has 0 heterocycles. The van der Waals surface area contributed by atoms with Crippen LogP contribution in [0.25, 0.3) is 0 Å². The van der Waals surface area contributed by atoms with Gasteiger partial charge >= 0.3 is 5.97 Å². The summed E-state index contributed by atoms with van der Waals surface area (Å²) in [6, 6.07) is 16.3. The SMILES string of the molecule is O=C(COC(=O)C1CCCC1)Nc1ccccc1C(=O)NCc1ccccc1. The number of ether oxygens (including phenoxy) is 1. The monoisotopic (exact) mass is 380 g/mol. The van der Waals surface area contributed by atoms with E-state index in [1.807, 2.05) is 30.3 Å². The van der Waals surface area contributed by atoms with E-state index in [1.165, 1.54) is 0 Å². The predicted octanol–water partition coefficient (Wildman–Crippen LogP) is 3.29. The average Bonchev–Trinajstić information content (AvgIpc) is 3.26. The summed E-state index contributed by atoms with van der Waals surface area (Å²) in [4.78, 5) is 36.6. The van der Waals surface area contributed by atoms with Gasteiger partial charge in [0.1, 0.15) is 0 Å². The van der Waals surface area contributed by atoms with Gasteiger partial charge in [0.15, 0.2) is 6.61 Å². The van der Waals surface area contributed by atoms with Gasteiger partial charge < -0.3 is 15.4 Å². The van der Waals surface area contributed by atoms with E-state index >= 15 is 0 Å². The van der Waals surface area contributed by atoms with Gasteiger partial charge in [0.05, 0.1) is 17.2 Å². The molecular weight excluding hydrogens is 356 g/mol. The largest absolute Gasteiger partial charge is 0.455 e. The van der Waals surface area contributed by atoms with Gasteiger partial charge in [-0.2, -0.15) is 0 Å². The van der Waals surface area contributed by atoms with E-state index in [9.17, 15) is 14.4 Å². The summed E-state index contributed by atoms with van der Waals surface area (Å²) >= 11 is 0. The maximum absolute atomic E-state index is 12.5. The van der Waals surface area contributed by atoms with Crippen molar-refractivity contribution in [3.63, 3.8) is 0 Å². The fraction of sp³-hybridized carbons (Fsp3) is 0.318. The van der Waals surface area contributed by atoms with Gasteiger partial charge in [-0.15, -0.1) is 0 Å². The number of benzene rings is 2. The summed E-state index contributed by atoms with van der Waals surface area (Å²) in [5, 5.41) is 5.50. The van der Waals surface area contributed by atoms with Crippen molar-refractivity contribution < 1.29 is 19.1 Å². The van der Waals surface area contributed by atoms with Gasteiger partial charge in [0.25, 0.3) is 11.8 Å². The summed E-state index contributed by atoms with van der Waals surface area (Å²) in [6.45, 7) is 0.0380. The number of rotatable bonds is 7. The Morgan fingerprint density at radius 2 is 1.61 bits per heavy atom. The third-order valence-corrected chi connectivity index (χ3v) is 4.78. The molecule has 0 spiro atoms. The Morgan fingerprint density at radius 3 is 2.36 bits per heavy atom. The van der Waals surface area contributed by atoms with Crippen LogP contribution in [0.5, 0.6) is 0 Å². The minimum Gasteiger partial charge on any atom is -0.455 e. The quantitative estimate of drug-likeness (QED) is 0.722. The van der Waals surface area contributed by atoms with Crippen LogP contribution < -0.4 is 10.6 Å². The van der Waals surface area contributed by atoms with Gasteiger partial charge in [0, 0.05) is 6.54 Å². The second-order valence-corrected chi connectivity index (χ2v) is 6.85. The van der Waals surface area contributed by atoms with Crippen molar-refractivity contribution in [2.45, 2.75) is 32.2 Å². The number of anilines is 1. The summed E-state index contributed by atoms with van der Waals surface area (Å²) in [7, 11) is 0. The van der Waals surface area contributed by atoms with Gasteiger partial charge in [-0.1, -0.05) is 55.3 Å². The second-order valence-electron chi connectivity index (χ2n) is 6.85. The Labute approximate surface area is 164 Å². The first-order valence-electron chi connectivity index (χ1n) is 9.51. The lowest BCUT2D eigenvalue weighted by Crippen LogP contribution is -2.27. The summed E-state index contributed by atoms with van der Waals surface area (Å²) in [6.07, 6.45) is 3.70. The molecule has 1 fully saturated rings. The molecule has 0 aliphatic heterocycles. The first-order chi connectivity index (χ1) is 13.6. The van der Waals surface area contributed by atoms with Crippen LogP contribution in [0.4, 0.5) is 5.69 Å². The highest BCUT2D eigenvalue weighted by Gasteiger charge is 2.24. The number of carbonyl (C=O) groups is 3. The molecule has 28 heavy (non-hydrogen) atoms. The van der Waals surface area contributed by atoms with E-state index in [4.69, 9.17) is 4.74 Å². The van der Waals surface area contributed by atoms with Crippen molar-refractivity contribution in [2.24, 2.45) is 5.92 Å². The number of carbonyl (C=O) groups excluding carboxylic acids is 3. The molecule has 2 aromatic rings. The third-order valence-electron chi connectivity index (χ3n) is 4.78. The molecule has 1 aliphatic carbocycles. The minimum atomic E-state index is -0.463. The summed E-state index contributed by atoms with van der Waals surface area (Å²) in [5.74, 6) is -1.16. The first-order valence-corrected chi connectivity index (χ1v) is 9.51. The Bertz CT molecular complexity index is 829. The Kier molecular flexibility index (Phi) is 6.78. The molecule has 6 nitrogen and oxygen atoms in total. The van der Waals surface area contributed by atoms with Crippen molar-refractivity contribution in [3.8, 4) is 0 Å². The highest BCUT2D eigenvalue weighted by molar-refractivity contribution is 6.04. The van der Waals surface area contributed by atoms with E-state index in [-0.39, 0.29) is 24.4 Å². The van der Waals surface area contributed by atoms with Crippen molar-refractivity contribution in [3.05, 3.63) is 65.7 Å². The molecule has 0 radical (unpaired) electrons. The molecule has 2 aromatic carbocycles. The number of amides is 2. The van der Waals surface area contributed by atoms with Gasteiger partial charge in [-0.25, -0.2) is 0 Å². The van der Waals surface area contributed by atoms with Crippen LogP contribution >= 0.6 is 0 Å². The standard InChI is InChI=1S/C22H24N2O4/c25-20(15-28-22(27)17-10-4-5-11-17)24-19-13-7-6-12-18(19)21(26)23-14-16-8-2-1-3-9-16/h1-3,6-9,12-13,17H,4-5,10-11,14-15H2,(H,23,26)(H,24,25). The zero-order valence-electron chi connectivity index (χ0n) is 15.6. The lowest BCUT2D eigenvalue weighted by molar-refractivity contribution is -0.151. The van der Waals surface area contributed by atoms with Gasteiger partial charge in [-0.3, -0.25) is 14.4 Å². The fourth-order valence-corrected chi connectivity index (χ4v) is 3.27. The summed E-state index contributed by atoms with van der Waals surface area (Å²) < 4.78 is 5.11. The van der Waals surface area contributed by atoms with E-state index in [2.05, 4.69) is 10.6 Å². The fourth-order valence-electron chi connectivity index (χ4n) is 3.27.